The molecule has 0 saturated heterocycles. The van der Waals surface area contributed by atoms with Crippen LogP contribution in [0, 0.1) is 10.5 Å². The minimum absolute atomic E-state index is 1.30. The van der Waals surface area contributed by atoms with Gasteiger partial charge in [-0.2, -0.15) is 0 Å². The van der Waals surface area contributed by atoms with Crippen molar-refractivity contribution in [1.29, 1.82) is 0 Å². The molecule has 2 aromatic rings. The van der Waals surface area contributed by atoms with Crippen molar-refractivity contribution < 1.29 is 0 Å². The van der Waals surface area contributed by atoms with Gasteiger partial charge in [0, 0.05) is 15.1 Å². The monoisotopic (exact) mass is 303 g/mol. The van der Waals surface area contributed by atoms with Crippen LogP contribution in [0.15, 0.2) is 41.4 Å². The number of rotatable bonds is 0. The van der Waals surface area contributed by atoms with Crippen LogP contribution in [-0.2, 0) is 0 Å². The average molecular weight is 303 g/mol. The van der Waals surface area contributed by atoms with E-state index in [-0.39, 0.29) is 0 Å². The molecular weight excluding hydrogens is 293 g/mol. The Balaban J connectivity index is 0.000000145. The predicted octanol–water partition coefficient (Wildman–Crippen LogP) is 3.74. The number of hydrogen-bond acceptors (Lipinski definition) is 2. The predicted molar refractivity (Wildman–Crippen MR) is 66.0 cm³/mol. The van der Waals surface area contributed by atoms with Crippen LogP contribution in [0.5, 0.6) is 0 Å². The number of aryl methyl sites for hydroxylation is 1. The maximum atomic E-state index is 3.74. The number of nitrogens with zero attached hydrogens (tertiary/aromatic N) is 1. The van der Waals surface area contributed by atoms with Gasteiger partial charge in [-0.15, -0.1) is 11.3 Å². The second-order valence-corrected chi connectivity index (χ2v) is 4.47. The number of thiazole rings is 1. The molecule has 0 unspecified atom stereocenters. The van der Waals surface area contributed by atoms with Crippen LogP contribution in [0.2, 0.25) is 0 Å². The topological polar surface area (TPSA) is 12.9 Å². The fourth-order valence-corrected chi connectivity index (χ4v) is 1.42. The third kappa shape index (κ3) is 5.00. The largest absolute Gasteiger partial charge is 0.253 e. The molecule has 0 fully saturated rings. The third-order valence-corrected chi connectivity index (χ3v) is 2.60. The summed E-state index contributed by atoms with van der Waals surface area (Å²) in [6.07, 6.45) is 1.77. The van der Waals surface area contributed by atoms with Gasteiger partial charge in [0.25, 0.3) is 0 Å². The second-order valence-electron chi connectivity index (χ2n) is 2.47. The van der Waals surface area contributed by atoms with E-state index in [1.807, 2.05) is 5.38 Å². The molecule has 0 bridgehead atoms. The number of hydrogen-bond donors (Lipinski definition) is 0. The Morgan fingerprint density at radius 1 is 1.23 bits per heavy atom. The molecular formula is C10H10INS. The lowest BCUT2D eigenvalue weighted by Gasteiger charge is -1.88. The maximum absolute atomic E-state index is 3.74. The van der Waals surface area contributed by atoms with Crippen LogP contribution < -0.4 is 0 Å². The fourth-order valence-electron chi connectivity index (χ4n) is 0.709. The fraction of sp³-hybridized carbons (Fsp3) is 0.100. The van der Waals surface area contributed by atoms with Gasteiger partial charge < -0.3 is 0 Å². The van der Waals surface area contributed by atoms with Crippen molar-refractivity contribution in [2.75, 3.05) is 0 Å². The van der Waals surface area contributed by atoms with E-state index in [9.17, 15) is 0 Å². The van der Waals surface area contributed by atoms with Crippen molar-refractivity contribution in [3.63, 3.8) is 0 Å². The maximum Gasteiger partial charge on any atom is 0.0791 e. The molecule has 2 rings (SSSR count). The normalized spacial score (nSPS) is 8.77. The molecule has 68 valence electrons. The van der Waals surface area contributed by atoms with E-state index in [0.29, 0.717) is 0 Å². The molecule has 0 aliphatic rings. The molecule has 0 radical (unpaired) electrons. The molecule has 1 aromatic heterocycles. The van der Waals surface area contributed by atoms with Crippen LogP contribution >= 0.6 is 33.9 Å². The lowest BCUT2D eigenvalue weighted by atomic mass is 10.2. The summed E-state index contributed by atoms with van der Waals surface area (Å²) in [7, 11) is 0. The highest BCUT2D eigenvalue weighted by atomic mass is 127. The minimum Gasteiger partial charge on any atom is -0.253 e. The highest BCUT2D eigenvalue weighted by molar-refractivity contribution is 14.1. The molecule has 0 aliphatic heterocycles. The number of aromatic nitrogens is 1. The smallest absolute Gasteiger partial charge is 0.0791 e. The van der Waals surface area contributed by atoms with Gasteiger partial charge in [0.2, 0.25) is 0 Å². The highest BCUT2D eigenvalue weighted by Crippen LogP contribution is 2.04. The van der Waals surface area contributed by atoms with Crippen molar-refractivity contribution in [3.8, 4) is 0 Å². The first kappa shape index (κ1) is 10.7. The van der Waals surface area contributed by atoms with E-state index in [1.54, 1.807) is 23.0 Å². The lowest BCUT2D eigenvalue weighted by Crippen LogP contribution is -1.69. The standard InChI is InChI=1S/C7H7I.C3H3NS/c1-6-2-4-7(8)5-3-6;1-2-5-3-4-1/h2-5H,1H3;1-3H. The Kier molecular flexibility index (Phi) is 5.00. The molecule has 1 nitrogen and oxygen atoms in total. The quantitative estimate of drug-likeness (QED) is 0.676. The molecule has 0 aliphatic carbocycles. The van der Waals surface area contributed by atoms with E-state index < -0.39 is 0 Å². The lowest BCUT2D eigenvalue weighted by molar-refractivity contribution is 1.43. The number of benzene rings is 1. The van der Waals surface area contributed by atoms with Gasteiger partial charge in [0.1, 0.15) is 0 Å². The zero-order chi connectivity index (χ0) is 9.52. The Bertz CT molecular complexity index is 277. The molecule has 0 amide bonds. The highest BCUT2D eigenvalue weighted by Gasteiger charge is 1.81. The zero-order valence-electron chi connectivity index (χ0n) is 7.27. The summed E-state index contributed by atoms with van der Waals surface area (Å²) in [6, 6.07) is 8.44. The van der Waals surface area contributed by atoms with Crippen molar-refractivity contribution in [3.05, 3.63) is 50.5 Å². The van der Waals surface area contributed by atoms with E-state index in [2.05, 4.69) is 58.8 Å². The van der Waals surface area contributed by atoms with Crippen molar-refractivity contribution in [2.24, 2.45) is 0 Å². The first-order chi connectivity index (χ1) is 6.29. The molecule has 0 saturated carbocycles. The van der Waals surface area contributed by atoms with Gasteiger partial charge in [0.15, 0.2) is 0 Å². The summed E-state index contributed by atoms with van der Waals surface area (Å²) < 4.78 is 1.30. The SMILES string of the molecule is Cc1ccc(I)cc1.c1cscn1. The molecule has 3 heteroatoms. The average Bonchev–Trinajstić information content (AvgIpc) is 2.68. The van der Waals surface area contributed by atoms with Gasteiger partial charge in [-0.1, -0.05) is 17.7 Å². The molecule has 0 spiro atoms. The van der Waals surface area contributed by atoms with Crippen LogP contribution in [-0.4, -0.2) is 4.98 Å². The van der Waals surface area contributed by atoms with E-state index >= 15 is 0 Å². The Hall–Kier alpha value is -0.420. The van der Waals surface area contributed by atoms with Gasteiger partial charge in [0.05, 0.1) is 5.51 Å². The van der Waals surface area contributed by atoms with E-state index in [0.717, 1.165) is 0 Å². The first-order valence-electron chi connectivity index (χ1n) is 3.83. The van der Waals surface area contributed by atoms with E-state index in [4.69, 9.17) is 0 Å². The Labute approximate surface area is 96.0 Å². The van der Waals surface area contributed by atoms with Crippen LogP contribution in [0.4, 0.5) is 0 Å². The molecule has 1 heterocycles. The molecule has 0 atom stereocenters. The van der Waals surface area contributed by atoms with Crippen LogP contribution in [0.25, 0.3) is 0 Å². The Morgan fingerprint density at radius 3 is 2.23 bits per heavy atom. The van der Waals surface area contributed by atoms with Crippen LogP contribution in [0.3, 0.4) is 0 Å². The molecule has 13 heavy (non-hydrogen) atoms. The summed E-state index contributed by atoms with van der Waals surface area (Å²) in [5.74, 6) is 0. The van der Waals surface area contributed by atoms with Crippen molar-refractivity contribution in [2.45, 2.75) is 6.92 Å². The van der Waals surface area contributed by atoms with Gasteiger partial charge in [-0.05, 0) is 41.6 Å². The molecule has 0 N–H and O–H groups in total. The summed E-state index contributed by atoms with van der Waals surface area (Å²) in [5.41, 5.74) is 3.12. The van der Waals surface area contributed by atoms with Crippen LogP contribution in [0.1, 0.15) is 5.56 Å². The Morgan fingerprint density at radius 2 is 1.92 bits per heavy atom. The second kappa shape index (κ2) is 6.10. The minimum atomic E-state index is 1.30. The number of halogens is 1. The van der Waals surface area contributed by atoms with Gasteiger partial charge in [-0.3, -0.25) is 4.98 Å². The summed E-state index contributed by atoms with van der Waals surface area (Å²) in [4.78, 5) is 3.74. The summed E-state index contributed by atoms with van der Waals surface area (Å²) in [5, 5.41) is 1.93. The summed E-state index contributed by atoms with van der Waals surface area (Å²) >= 11 is 3.90. The van der Waals surface area contributed by atoms with Crippen molar-refractivity contribution in [1.82, 2.24) is 4.98 Å². The zero-order valence-corrected chi connectivity index (χ0v) is 10.2. The van der Waals surface area contributed by atoms with Gasteiger partial charge >= 0.3 is 0 Å². The third-order valence-electron chi connectivity index (χ3n) is 1.36. The molecule has 1 aromatic carbocycles. The van der Waals surface area contributed by atoms with E-state index in [1.165, 1.54) is 9.13 Å². The van der Waals surface area contributed by atoms with Crippen molar-refractivity contribution >= 4 is 33.9 Å². The summed E-state index contributed by atoms with van der Waals surface area (Å²) in [6.45, 7) is 2.09. The first-order valence-corrected chi connectivity index (χ1v) is 5.85. The van der Waals surface area contributed by atoms with Gasteiger partial charge in [-0.25, -0.2) is 0 Å².